The zero-order chi connectivity index (χ0) is 25.3. The summed E-state index contributed by atoms with van der Waals surface area (Å²) in [5, 5.41) is 22.2. The number of fused-ring (bicyclic) bond motifs is 1. The largest absolute Gasteiger partial charge is 0.492 e. The third-order valence-corrected chi connectivity index (χ3v) is 5.20. The van der Waals surface area contributed by atoms with Crippen LogP contribution >= 0.6 is 0 Å². The average molecular weight is 436 g/mol. The first-order valence-corrected chi connectivity index (χ1v) is 9.95. The van der Waals surface area contributed by atoms with Crippen molar-refractivity contribution in [3.8, 4) is 11.8 Å². The fraction of sp³-hybridized carbons (Fsp3) is 0.318. The maximum atomic E-state index is 12.7. The van der Waals surface area contributed by atoms with Gasteiger partial charge >= 0.3 is 0 Å². The van der Waals surface area contributed by atoms with Gasteiger partial charge in [0.25, 0.3) is 5.91 Å². The van der Waals surface area contributed by atoms with E-state index in [9.17, 15) is 14.9 Å². The number of pyridine rings is 1. The number of benzene rings is 1. The van der Waals surface area contributed by atoms with E-state index in [4.69, 9.17) is 8.85 Å². The molecule has 10 nitrogen and oxygen atoms in total. The third-order valence-electron chi connectivity index (χ3n) is 5.20. The molecule has 3 aromatic rings. The summed E-state index contributed by atoms with van der Waals surface area (Å²) in [4.78, 5) is 29.0. The lowest BCUT2D eigenvalue weighted by Crippen LogP contribution is -2.20. The molecule has 1 aliphatic carbocycles. The molecule has 10 heteroatoms. The summed E-state index contributed by atoms with van der Waals surface area (Å²) < 4.78 is 29.2. The van der Waals surface area contributed by atoms with Crippen molar-refractivity contribution in [2.24, 2.45) is 5.92 Å². The molecular formula is C22H23N7O3. The van der Waals surface area contributed by atoms with Gasteiger partial charge in [-0.2, -0.15) is 10.4 Å². The smallest absolute Gasteiger partial charge is 0.254 e. The molecule has 0 saturated heterocycles. The number of ether oxygens (including phenoxy) is 1. The van der Waals surface area contributed by atoms with Gasteiger partial charge in [0, 0.05) is 34.7 Å². The van der Waals surface area contributed by atoms with E-state index in [0.717, 1.165) is 18.2 Å². The van der Waals surface area contributed by atoms with Crippen LogP contribution in [0.5, 0.6) is 5.75 Å². The first kappa shape index (κ1) is 17.5. The Morgan fingerprint density at radius 2 is 2.16 bits per heavy atom. The molecule has 2 amide bonds. The summed E-state index contributed by atoms with van der Waals surface area (Å²) in [6.45, 7) is -1.01. The minimum atomic E-state index is -2.70. The fourth-order valence-electron chi connectivity index (χ4n) is 3.36. The summed E-state index contributed by atoms with van der Waals surface area (Å²) in [7, 11) is 1.46. The molecule has 1 fully saturated rings. The van der Waals surface area contributed by atoms with Crippen LogP contribution in [0.4, 0.5) is 17.2 Å². The Kier molecular flexibility index (Phi) is 4.68. The molecule has 1 aromatic carbocycles. The lowest BCUT2D eigenvalue weighted by molar-refractivity contribution is -0.117. The minimum Gasteiger partial charge on any atom is -0.492 e. The summed E-state index contributed by atoms with van der Waals surface area (Å²) in [6, 6.07) is 6.50. The van der Waals surface area contributed by atoms with Crippen molar-refractivity contribution in [3.05, 3.63) is 36.2 Å². The summed E-state index contributed by atoms with van der Waals surface area (Å²) in [6.07, 6.45) is 4.42. The normalized spacial score (nSPS) is 15.6. The van der Waals surface area contributed by atoms with Crippen LogP contribution in [-0.4, -0.2) is 40.7 Å². The van der Waals surface area contributed by atoms with Gasteiger partial charge in [-0.1, -0.05) is 0 Å². The second-order valence-corrected chi connectivity index (χ2v) is 7.44. The molecule has 2 aromatic heterocycles. The Balaban J connectivity index is 1.77. The number of hydrogen-bond acceptors (Lipinski definition) is 7. The number of nitrogens with one attached hydrogen (secondary N) is 3. The lowest BCUT2D eigenvalue weighted by atomic mass is 10.1. The Morgan fingerprint density at radius 3 is 2.84 bits per heavy atom. The molecule has 0 aliphatic heterocycles. The van der Waals surface area contributed by atoms with E-state index in [2.05, 4.69) is 26.8 Å². The number of aromatic nitrogens is 3. The molecule has 0 spiro atoms. The fourth-order valence-corrected chi connectivity index (χ4v) is 3.36. The van der Waals surface area contributed by atoms with Crippen molar-refractivity contribution in [1.82, 2.24) is 20.1 Å². The van der Waals surface area contributed by atoms with Crippen LogP contribution in [0.1, 0.15) is 40.3 Å². The zero-order valence-electron chi connectivity index (χ0n) is 20.5. The average Bonchev–Trinajstić information content (AvgIpc) is 3.57. The van der Waals surface area contributed by atoms with Gasteiger partial charge in [-0.05, 0) is 31.9 Å². The number of hydrogen-bond donors (Lipinski definition) is 3. The molecule has 1 atom stereocenters. The molecule has 1 aliphatic rings. The Labute approximate surface area is 188 Å². The molecule has 3 N–H and O–H groups in total. The molecule has 0 radical (unpaired) electrons. The van der Waals surface area contributed by atoms with Crippen LogP contribution in [0.15, 0.2) is 30.6 Å². The molecule has 4 rings (SSSR count). The van der Waals surface area contributed by atoms with Crippen molar-refractivity contribution in [1.29, 1.82) is 5.26 Å². The van der Waals surface area contributed by atoms with Crippen LogP contribution in [0.25, 0.3) is 10.9 Å². The quantitative estimate of drug-likeness (QED) is 0.518. The first-order valence-electron chi connectivity index (χ1n) is 11.5. The van der Waals surface area contributed by atoms with Gasteiger partial charge in [0.1, 0.15) is 17.4 Å². The SMILES string of the molecule is [2H]C([2H])([2H])NC(=O)c1cnc(NC(=O)C2CC2)cc1Nc1ccc2cnn([C@@H](C)C#N)c2c1OC. The highest BCUT2D eigenvalue weighted by Crippen LogP contribution is 2.37. The molecular weight excluding hydrogens is 410 g/mol. The molecule has 0 bridgehead atoms. The number of carbonyl (C=O) groups excluding carboxylic acids is 2. The molecule has 32 heavy (non-hydrogen) atoms. The van der Waals surface area contributed by atoms with E-state index in [1.165, 1.54) is 24.1 Å². The van der Waals surface area contributed by atoms with Crippen molar-refractivity contribution < 1.29 is 18.4 Å². The van der Waals surface area contributed by atoms with Crippen molar-refractivity contribution >= 4 is 39.9 Å². The van der Waals surface area contributed by atoms with Crippen LogP contribution < -0.4 is 20.7 Å². The standard InChI is InChI=1S/C22H23N7O3/c1-12(9-23)29-19-14(10-26-29)6-7-16(20(19)32-3)27-17-8-18(28-21(30)13-4-5-13)25-11-15(17)22(31)24-2/h6-8,10-13H,4-5H2,1-3H3,(H,24,31)(H2,25,27,28,30)/t12-/m0/s1/i2D3. The van der Waals surface area contributed by atoms with Gasteiger partial charge in [0.15, 0.2) is 5.75 Å². The predicted molar refractivity (Wildman–Crippen MR) is 119 cm³/mol. The monoisotopic (exact) mass is 436 g/mol. The topological polar surface area (TPSA) is 134 Å². The first-order chi connectivity index (χ1) is 16.6. The van der Waals surface area contributed by atoms with Crippen LogP contribution in [0, 0.1) is 17.2 Å². The van der Waals surface area contributed by atoms with E-state index in [-0.39, 0.29) is 28.9 Å². The number of rotatable bonds is 7. The van der Waals surface area contributed by atoms with Crippen molar-refractivity contribution in [3.63, 3.8) is 0 Å². The summed E-state index contributed by atoms with van der Waals surface area (Å²) in [5.74, 6) is -0.529. The zero-order valence-corrected chi connectivity index (χ0v) is 17.5. The molecule has 0 unspecified atom stereocenters. The van der Waals surface area contributed by atoms with E-state index in [0.29, 0.717) is 17.0 Å². The second kappa shape index (κ2) is 8.55. The van der Waals surface area contributed by atoms with E-state index in [1.54, 1.807) is 25.3 Å². The molecule has 164 valence electrons. The maximum Gasteiger partial charge on any atom is 0.254 e. The Bertz CT molecular complexity index is 1340. The van der Waals surface area contributed by atoms with Gasteiger partial charge < -0.3 is 20.7 Å². The lowest BCUT2D eigenvalue weighted by Gasteiger charge is -2.17. The van der Waals surface area contributed by atoms with Gasteiger partial charge in [-0.3, -0.25) is 9.59 Å². The number of nitrogens with zero attached hydrogens (tertiary/aromatic N) is 4. The molecule has 2 heterocycles. The van der Waals surface area contributed by atoms with Crippen LogP contribution in [0.2, 0.25) is 0 Å². The summed E-state index contributed by atoms with van der Waals surface area (Å²) >= 11 is 0. The van der Waals surface area contributed by atoms with Crippen molar-refractivity contribution in [2.45, 2.75) is 25.8 Å². The number of anilines is 3. The highest BCUT2D eigenvalue weighted by molar-refractivity contribution is 6.02. The minimum absolute atomic E-state index is 0.0494. The second-order valence-electron chi connectivity index (χ2n) is 7.44. The number of nitriles is 1. The van der Waals surface area contributed by atoms with E-state index < -0.39 is 18.9 Å². The van der Waals surface area contributed by atoms with Gasteiger partial charge in [0.05, 0.1) is 36.3 Å². The highest BCUT2D eigenvalue weighted by Gasteiger charge is 2.30. The summed E-state index contributed by atoms with van der Waals surface area (Å²) in [5.41, 5.74) is 1.15. The predicted octanol–water partition coefficient (Wildman–Crippen LogP) is 2.98. The van der Waals surface area contributed by atoms with Gasteiger partial charge in [-0.15, -0.1) is 0 Å². The number of methoxy groups -OCH3 is 1. The molecule has 1 saturated carbocycles. The third kappa shape index (κ3) is 3.92. The van der Waals surface area contributed by atoms with Gasteiger partial charge in [0.2, 0.25) is 5.91 Å². The maximum absolute atomic E-state index is 12.7. The van der Waals surface area contributed by atoms with E-state index >= 15 is 0 Å². The van der Waals surface area contributed by atoms with Crippen LogP contribution in [-0.2, 0) is 4.79 Å². The van der Waals surface area contributed by atoms with Crippen LogP contribution in [0.3, 0.4) is 0 Å². The van der Waals surface area contributed by atoms with E-state index in [1.807, 2.05) is 5.32 Å². The van der Waals surface area contributed by atoms with Crippen molar-refractivity contribution in [2.75, 3.05) is 24.7 Å². The highest BCUT2D eigenvalue weighted by atomic mass is 16.5. The number of carbonyl (C=O) groups is 2. The Hall–Kier alpha value is -4.13. The van der Waals surface area contributed by atoms with Gasteiger partial charge in [-0.25, -0.2) is 9.67 Å². The number of amides is 2. The Morgan fingerprint density at radius 1 is 1.34 bits per heavy atom.